The summed E-state index contributed by atoms with van der Waals surface area (Å²) >= 11 is 1.04. The number of aromatic hydroxyl groups is 1. The summed E-state index contributed by atoms with van der Waals surface area (Å²) in [7, 11) is 3.15. The number of aliphatic carboxylic acids is 1. The number of carboxylic acids is 1. The van der Waals surface area contributed by atoms with E-state index in [0.29, 0.717) is 34.6 Å². The van der Waals surface area contributed by atoms with Crippen molar-refractivity contribution < 1.29 is 24.5 Å². The highest BCUT2D eigenvalue weighted by molar-refractivity contribution is 8.04. The van der Waals surface area contributed by atoms with Crippen LogP contribution in [0.2, 0.25) is 0 Å². The van der Waals surface area contributed by atoms with Gasteiger partial charge in [-0.1, -0.05) is 41.5 Å². The Balaban J connectivity index is 2.11. The Labute approximate surface area is 228 Å². The van der Waals surface area contributed by atoms with Crippen molar-refractivity contribution >= 4 is 23.8 Å². The lowest BCUT2D eigenvalue weighted by atomic mass is 9.78. The van der Waals surface area contributed by atoms with Gasteiger partial charge < -0.3 is 24.3 Å². The van der Waals surface area contributed by atoms with Gasteiger partial charge in [-0.2, -0.15) is 0 Å². The Morgan fingerprint density at radius 3 is 1.89 bits per heavy atom. The van der Waals surface area contributed by atoms with Crippen LogP contribution in [0.4, 0.5) is 0 Å². The number of carboxylic acid groups (broad SMARTS) is 1. The molecule has 1 aromatic heterocycles. The number of phenols is 1. The number of hydrogen-bond acceptors (Lipinski definition) is 7. The van der Waals surface area contributed by atoms with Crippen molar-refractivity contribution in [1.82, 2.24) is 14.8 Å². The molecule has 0 aliphatic heterocycles. The molecule has 3 rings (SSSR count). The van der Waals surface area contributed by atoms with Crippen LogP contribution in [0.3, 0.4) is 0 Å². The summed E-state index contributed by atoms with van der Waals surface area (Å²) < 4.78 is 12.6. The molecule has 0 saturated heterocycles. The van der Waals surface area contributed by atoms with Crippen LogP contribution in [0.5, 0.6) is 17.2 Å². The van der Waals surface area contributed by atoms with E-state index >= 15 is 0 Å². The van der Waals surface area contributed by atoms with Crippen molar-refractivity contribution in [1.29, 1.82) is 0 Å². The highest BCUT2D eigenvalue weighted by atomic mass is 32.2. The van der Waals surface area contributed by atoms with Crippen molar-refractivity contribution in [3.05, 3.63) is 51.9 Å². The highest BCUT2D eigenvalue weighted by Gasteiger charge is 2.27. The van der Waals surface area contributed by atoms with E-state index < -0.39 is 5.97 Å². The number of thioether (sulfide) groups is 1. The molecule has 0 atom stereocenters. The van der Waals surface area contributed by atoms with Crippen molar-refractivity contribution in [3.63, 3.8) is 0 Å². The topological polar surface area (TPSA) is 107 Å². The van der Waals surface area contributed by atoms with E-state index in [1.807, 2.05) is 77.3 Å². The van der Waals surface area contributed by atoms with Gasteiger partial charge in [0, 0.05) is 29.3 Å². The molecule has 9 heteroatoms. The number of ether oxygens (including phenoxy) is 2. The third-order valence-electron chi connectivity index (χ3n) is 6.10. The number of benzene rings is 2. The summed E-state index contributed by atoms with van der Waals surface area (Å²) in [5.41, 5.74) is 2.29. The van der Waals surface area contributed by atoms with Crippen LogP contribution in [0.15, 0.2) is 40.4 Å². The third kappa shape index (κ3) is 6.32. The molecule has 2 N–H and O–H groups in total. The quantitative estimate of drug-likeness (QED) is 0.247. The van der Waals surface area contributed by atoms with Gasteiger partial charge in [0.2, 0.25) is 0 Å². The number of methoxy groups -OCH3 is 2. The molecule has 0 radical (unpaired) electrons. The standard InChI is InChI=1S/C29H37N3O5S/c1-10-32-25(18-14-19(36-8)16-20(15-18)37-9)30-31-27(32)38-23(26(34)35)13-17-11-21(28(2,3)4)24(33)22(12-17)29(5,6)7/h11-16,33H,10H2,1-9H3,(H,34,35)/b23-13-. The lowest BCUT2D eigenvalue weighted by Crippen LogP contribution is -2.17. The van der Waals surface area contributed by atoms with Gasteiger partial charge >= 0.3 is 5.97 Å². The first-order valence-corrected chi connectivity index (χ1v) is 13.2. The molecule has 0 saturated carbocycles. The SMILES string of the molecule is CCn1c(S/C(=C\c2cc(C(C)(C)C)c(O)c(C(C)(C)C)c2)C(=O)O)nnc1-c1cc(OC)cc(OC)c1. The Kier molecular flexibility index (Phi) is 8.51. The number of nitrogens with zero attached hydrogens (tertiary/aromatic N) is 3. The number of phenolic OH excluding ortho intramolecular Hbond substituents is 1. The molecule has 2 aromatic carbocycles. The second-order valence-corrected chi connectivity index (χ2v) is 12.0. The Bertz CT molecular complexity index is 1310. The normalized spacial score (nSPS) is 12.5. The Hall–Kier alpha value is -3.46. The summed E-state index contributed by atoms with van der Waals surface area (Å²) in [6.45, 7) is 14.6. The maximum absolute atomic E-state index is 12.4. The summed E-state index contributed by atoms with van der Waals surface area (Å²) in [5.74, 6) is 0.972. The van der Waals surface area contributed by atoms with E-state index in [-0.39, 0.29) is 21.5 Å². The van der Waals surface area contributed by atoms with Crippen LogP contribution in [-0.4, -0.2) is 45.2 Å². The second kappa shape index (κ2) is 11.1. The van der Waals surface area contributed by atoms with Crippen LogP contribution in [-0.2, 0) is 22.2 Å². The van der Waals surface area contributed by atoms with Crippen LogP contribution in [0.25, 0.3) is 17.5 Å². The molecule has 0 fully saturated rings. The minimum absolute atomic E-state index is 0.0901. The van der Waals surface area contributed by atoms with Crippen molar-refractivity contribution in [2.75, 3.05) is 14.2 Å². The predicted molar refractivity (Wildman–Crippen MR) is 151 cm³/mol. The maximum atomic E-state index is 12.4. The van der Waals surface area contributed by atoms with E-state index in [2.05, 4.69) is 10.2 Å². The molecule has 1 heterocycles. The van der Waals surface area contributed by atoms with E-state index in [1.54, 1.807) is 26.4 Å². The summed E-state index contributed by atoms with van der Waals surface area (Å²) in [6, 6.07) is 9.14. The zero-order valence-electron chi connectivity index (χ0n) is 23.5. The number of carbonyl (C=O) groups is 1. The minimum atomic E-state index is -1.08. The van der Waals surface area contributed by atoms with Crippen molar-refractivity contribution in [2.24, 2.45) is 0 Å². The van der Waals surface area contributed by atoms with Gasteiger partial charge in [0.1, 0.15) is 22.2 Å². The predicted octanol–water partition coefficient (Wildman–Crippen LogP) is 6.50. The number of hydrogen-bond donors (Lipinski definition) is 2. The van der Waals surface area contributed by atoms with Crippen molar-refractivity contribution in [3.8, 4) is 28.6 Å². The molecular weight excluding hydrogens is 502 g/mol. The van der Waals surface area contributed by atoms with Gasteiger partial charge in [-0.05, 0) is 65.4 Å². The Morgan fingerprint density at radius 1 is 0.947 bits per heavy atom. The van der Waals surface area contributed by atoms with Gasteiger partial charge in [0.05, 0.1) is 14.2 Å². The van der Waals surface area contributed by atoms with Crippen LogP contribution in [0, 0.1) is 0 Å². The Morgan fingerprint density at radius 2 is 1.47 bits per heavy atom. The molecule has 204 valence electrons. The molecule has 0 aliphatic carbocycles. The van der Waals surface area contributed by atoms with Crippen LogP contribution >= 0.6 is 11.8 Å². The monoisotopic (exact) mass is 539 g/mol. The lowest BCUT2D eigenvalue weighted by Gasteiger charge is -2.28. The lowest BCUT2D eigenvalue weighted by molar-refractivity contribution is -0.131. The summed E-state index contributed by atoms with van der Waals surface area (Å²) in [4.78, 5) is 12.4. The molecule has 38 heavy (non-hydrogen) atoms. The first-order valence-electron chi connectivity index (χ1n) is 12.4. The molecular formula is C29H37N3O5S. The number of rotatable bonds is 8. The average molecular weight is 540 g/mol. The summed E-state index contributed by atoms with van der Waals surface area (Å²) in [6.07, 6.45) is 1.62. The van der Waals surface area contributed by atoms with E-state index in [0.717, 1.165) is 28.5 Å². The van der Waals surface area contributed by atoms with Gasteiger partial charge in [0.25, 0.3) is 0 Å². The first-order chi connectivity index (χ1) is 17.7. The smallest absolute Gasteiger partial charge is 0.342 e. The molecule has 0 amide bonds. The van der Waals surface area contributed by atoms with E-state index in [1.165, 1.54) is 0 Å². The highest BCUT2D eigenvalue weighted by Crippen LogP contribution is 2.41. The molecule has 0 aliphatic rings. The van der Waals surface area contributed by atoms with Gasteiger partial charge in [0.15, 0.2) is 11.0 Å². The maximum Gasteiger partial charge on any atom is 0.342 e. The fourth-order valence-electron chi connectivity index (χ4n) is 4.07. The number of aromatic nitrogens is 3. The van der Waals surface area contributed by atoms with Gasteiger partial charge in [-0.3, -0.25) is 0 Å². The van der Waals surface area contributed by atoms with Gasteiger partial charge in [-0.15, -0.1) is 10.2 Å². The molecule has 0 bridgehead atoms. The molecule has 8 nitrogen and oxygen atoms in total. The largest absolute Gasteiger partial charge is 0.507 e. The zero-order valence-corrected chi connectivity index (χ0v) is 24.4. The first kappa shape index (κ1) is 29.1. The second-order valence-electron chi connectivity index (χ2n) is 11.0. The van der Waals surface area contributed by atoms with E-state index in [9.17, 15) is 15.0 Å². The van der Waals surface area contributed by atoms with Crippen molar-refractivity contribution in [2.45, 2.75) is 71.0 Å². The molecule has 3 aromatic rings. The third-order valence-corrected chi connectivity index (χ3v) is 7.10. The average Bonchev–Trinajstić information content (AvgIpc) is 3.25. The van der Waals surface area contributed by atoms with E-state index in [4.69, 9.17) is 9.47 Å². The fraction of sp³-hybridized carbons (Fsp3) is 0.414. The van der Waals surface area contributed by atoms with Gasteiger partial charge in [-0.25, -0.2) is 4.79 Å². The zero-order chi connectivity index (χ0) is 28.4. The molecule has 0 spiro atoms. The fourth-order valence-corrected chi connectivity index (χ4v) is 4.95. The summed E-state index contributed by atoms with van der Waals surface area (Å²) in [5, 5.41) is 30.3. The van der Waals surface area contributed by atoms with Crippen LogP contribution in [0.1, 0.15) is 65.2 Å². The van der Waals surface area contributed by atoms with Crippen LogP contribution < -0.4 is 9.47 Å². The molecule has 0 unspecified atom stereocenters. The minimum Gasteiger partial charge on any atom is -0.507 e.